The summed E-state index contributed by atoms with van der Waals surface area (Å²) < 4.78 is 7.60. The normalized spacial score (nSPS) is 15.8. The van der Waals surface area contributed by atoms with E-state index in [2.05, 4.69) is 27.0 Å². The maximum atomic E-state index is 13.4. The summed E-state index contributed by atoms with van der Waals surface area (Å²) in [6.45, 7) is 3.00. The molecule has 1 fully saturated rings. The average Bonchev–Trinajstić information content (AvgIpc) is 3.43. The van der Waals surface area contributed by atoms with Crippen molar-refractivity contribution in [3.05, 3.63) is 83.9 Å². The molecule has 5 rings (SSSR count). The van der Waals surface area contributed by atoms with E-state index < -0.39 is 0 Å². The first-order valence-corrected chi connectivity index (χ1v) is 15.4. The lowest BCUT2D eigenvalue weighted by Gasteiger charge is -2.33. The van der Waals surface area contributed by atoms with Crippen LogP contribution in [0.3, 0.4) is 0 Å². The number of nitrogens with zero attached hydrogens (tertiary/aromatic N) is 4. The number of aromatic nitrogens is 3. The van der Waals surface area contributed by atoms with Gasteiger partial charge in [0.15, 0.2) is 0 Å². The molecule has 232 valence electrons. The standard InChI is InChI=1S/C34H42N6O4/c1-44-19-5-17-40-31-8-3-2-7-29(31)38-33(40)27-6-4-16-39(23-27)32(42)21-28(35)20-24-9-11-25(12-10-24)26-13-14-30(37-22-26)34(43)36-15-18-41/h2-3,7-14,22,27-28,41H,4-6,15-21,23,35H2,1H3,(H,36,43)/t27-,28-/m1/s1. The van der Waals surface area contributed by atoms with Crippen molar-refractivity contribution in [2.75, 3.05) is 40.0 Å². The molecule has 44 heavy (non-hydrogen) atoms. The van der Waals surface area contributed by atoms with Crippen molar-refractivity contribution in [2.45, 2.75) is 50.6 Å². The molecule has 4 N–H and O–H groups in total. The third kappa shape index (κ3) is 7.68. The molecule has 0 aliphatic carbocycles. The zero-order valence-electron chi connectivity index (χ0n) is 25.3. The van der Waals surface area contributed by atoms with Crippen molar-refractivity contribution >= 4 is 22.8 Å². The number of likely N-dealkylation sites (tertiary alicyclic amines) is 1. The molecule has 0 unspecified atom stereocenters. The Morgan fingerprint density at radius 1 is 1.11 bits per heavy atom. The van der Waals surface area contributed by atoms with Crippen LogP contribution < -0.4 is 11.1 Å². The summed E-state index contributed by atoms with van der Waals surface area (Å²) in [5.74, 6) is 1.02. The van der Waals surface area contributed by atoms with Crippen LogP contribution in [0.15, 0.2) is 66.9 Å². The van der Waals surface area contributed by atoms with Gasteiger partial charge in [0.1, 0.15) is 11.5 Å². The van der Waals surface area contributed by atoms with Gasteiger partial charge in [-0.15, -0.1) is 0 Å². The van der Waals surface area contributed by atoms with Crippen LogP contribution in [0.5, 0.6) is 0 Å². The first-order chi connectivity index (χ1) is 21.5. The van der Waals surface area contributed by atoms with Crippen LogP contribution in [0, 0.1) is 0 Å². The van der Waals surface area contributed by atoms with Crippen molar-refractivity contribution in [3.63, 3.8) is 0 Å². The number of rotatable bonds is 13. The van der Waals surface area contributed by atoms with Crippen LogP contribution in [0.1, 0.15) is 53.5 Å². The number of nitrogens with two attached hydrogens (primary N) is 1. The highest BCUT2D eigenvalue weighted by atomic mass is 16.5. The molecular formula is C34H42N6O4. The maximum Gasteiger partial charge on any atom is 0.269 e. The number of carbonyl (C=O) groups excluding carboxylic acids is 2. The molecule has 2 atom stereocenters. The zero-order chi connectivity index (χ0) is 30.9. The number of para-hydroxylation sites is 2. The number of aryl methyl sites for hydroxylation is 1. The van der Waals surface area contributed by atoms with Gasteiger partial charge in [0, 0.05) is 70.0 Å². The highest BCUT2D eigenvalue weighted by molar-refractivity contribution is 5.92. The van der Waals surface area contributed by atoms with Gasteiger partial charge >= 0.3 is 0 Å². The second kappa shape index (κ2) is 15.1. The summed E-state index contributed by atoms with van der Waals surface area (Å²) in [5, 5.41) is 11.5. The fraction of sp³-hybridized carbons (Fsp3) is 0.412. The first kappa shape index (κ1) is 31.3. The van der Waals surface area contributed by atoms with Crippen LogP contribution in [0.4, 0.5) is 0 Å². The fourth-order valence-corrected chi connectivity index (χ4v) is 5.94. The molecule has 10 nitrogen and oxygen atoms in total. The van der Waals surface area contributed by atoms with Crippen LogP contribution in [0.25, 0.3) is 22.2 Å². The largest absolute Gasteiger partial charge is 0.395 e. The molecule has 2 amide bonds. The molecule has 0 radical (unpaired) electrons. The molecule has 4 aromatic rings. The number of fused-ring (bicyclic) bond motifs is 1. The van der Waals surface area contributed by atoms with Crippen molar-refractivity contribution in [1.82, 2.24) is 24.8 Å². The van der Waals surface area contributed by atoms with Crippen molar-refractivity contribution in [2.24, 2.45) is 5.73 Å². The second-order valence-corrected chi connectivity index (χ2v) is 11.4. The summed E-state index contributed by atoms with van der Waals surface area (Å²) >= 11 is 0. The Balaban J connectivity index is 1.17. The van der Waals surface area contributed by atoms with E-state index in [1.807, 2.05) is 47.4 Å². The van der Waals surface area contributed by atoms with Crippen LogP contribution in [-0.4, -0.2) is 82.4 Å². The Morgan fingerprint density at radius 2 is 1.91 bits per heavy atom. The van der Waals surface area contributed by atoms with Gasteiger partial charge in [-0.25, -0.2) is 4.98 Å². The van der Waals surface area contributed by atoms with Gasteiger partial charge in [-0.1, -0.05) is 42.5 Å². The van der Waals surface area contributed by atoms with E-state index in [9.17, 15) is 9.59 Å². The molecule has 1 saturated heterocycles. The minimum Gasteiger partial charge on any atom is -0.395 e. The van der Waals surface area contributed by atoms with Crippen molar-refractivity contribution < 1.29 is 19.4 Å². The summed E-state index contributed by atoms with van der Waals surface area (Å²) in [6, 6.07) is 19.5. The number of piperidine rings is 1. The van der Waals surface area contributed by atoms with Gasteiger partial charge in [-0.3, -0.25) is 14.6 Å². The molecule has 3 heterocycles. The highest BCUT2D eigenvalue weighted by Crippen LogP contribution is 2.30. The zero-order valence-corrected chi connectivity index (χ0v) is 25.3. The van der Waals surface area contributed by atoms with Crippen LogP contribution in [-0.2, 0) is 22.5 Å². The van der Waals surface area contributed by atoms with Gasteiger partial charge in [0.05, 0.1) is 17.6 Å². The van der Waals surface area contributed by atoms with E-state index in [1.165, 1.54) is 0 Å². The number of nitrogens with one attached hydrogen (secondary N) is 1. The smallest absolute Gasteiger partial charge is 0.269 e. The van der Waals surface area contributed by atoms with Gasteiger partial charge in [0.2, 0.25) is 5.91 Å². The number of aliphatic hydroxyl groups excluding tert-OH is 1. The van der Waals surface area contributed by atoms with Gasteiger partial charge in [-0.2, -0.15) is 0 Å². The maximum absolute atomic E-state index is 13.4. The van der Waals surface area contributed by atoms with E-state index in [1.54, 1.807) is 19.4 Å². The Bertz CT molecular complexity index is 1540. The minimum atomic E-state index is -0.317. The number of methoxy groups -OCH3 is 1. The molecule has 0 bridgehead atoms. The number of benzene rings is 2. The lowest BCUT2D eigenvalue weighted by atomic mass is 9.95. The third-order valence-corrected chi connectivity index (χ3v) is 8.17. The number of hydrogen-bond donors (Lipinski definition) is 3. The van der Waals surface area contributed by atoms with E-state index >= 15 is 0 Å². The third-order valence-electron chi connectivity index (χ3n) is 8.17. The lowest BCUT2D eigenvalue weighted by molar-refractivity contribution is -0.132. The van der Waals surface area contributed by atoms with E-state index in [0.717, 1.165) is 65.9 Å². The quantitative estimate of drug-likeness (QED) is 0.200. The molecule has 10 heteroatoms. The van der Waals surface area contributed by atoms with Gasteiger partial charge < -0.3 is 30.4 Å². The number of imidazole rings is 1. The van der Waals surface area contributed by atoms with Crippen molar-refractivity contribution in [1.29, 1.82) is 0 Å². The molecule has 1 aliphatic heterocycles. The topological polar surface area (TPSA) is 136 Å². The van der Waals surface area contributed by atoms with Crippen LogP contribution in [0.2, 0.25) is 0 Å². The summed E-state index contributed by atoms with van der Waals surface area (Å²) in [4.78, 5) is 36.6. The highest BCUT2D eigenvalue weighted by Gasteiger charge is 2.29. The molecule has 1 aliphatic rings. The molecule has 2 aromatic carbocycles. The second-order valence-electron chi connectivity index (χ2n) is 11.4. The van der Waals surface area contributed by atoms with Crippen LogP contribution >= 0.6 is 0 Å². The van der Waals surface area contributed by atoms with E-state index in [4.69, 9.17) is 20.6 Å². The predicted octanol–water partition coefficient (Wildman–Crippen LogP) is 3.52. The minimum absolute atomic E-state index is 0.0926. The summed E-state index contributed by atoms with van der Waals surface area (Å²) in [7, 11) is 1.72. The number of amides is 2. The Labute approximate surface area is 258 Å². The molecule has 0 saturated carbocycles. The SMILES string of the molecule is COCCCn1c([C@@H]2CCCN(C(=O)C[C@H](N)Cc3ccc(-c4ccc(C(=O)NCCO)nc4)cc3)C2)nc2ccccc21. The molecular weight excluding hydrogens is 556 g/mol. The first-order valence-electron chi connectivity index (χ1n) is 15.4. The number of aliphatic hydroxyl groups is 1. The monoisotopic (exact) mass is 598 g/mol. The fourth-order valence-electron chi connectivity index (χ4n) is 5.94. The van der Waals surface area contributed by atoms with Gasteiger partial charge in [-0.05, 0) is 55.0 Å². The van der Waals surface area contributed by atoms with E-state index in [-0.39, 0.29) is 36.9 Å². The lowest BCUT2D eigenvalue weighted by Crippen LogP contribution is -2.42. The Hall–Kier alpha value is -4.12. The van der Waals surface area contributed by atoms with E-state index in [0.29, 0.717) is 31.7 Å². The predicted molar refractivity (Wildman–Crippen MR) is 170 cm³/mol. The Morgan fingerprint density at radius 3 is 2.66 bits per heavy atom. The van der Waals surface area contributed by atoms with Crippen molar-refractivity contribution in [3.8, 4) is 11.1 Å². The summed E-state index contributed by atoms with van der Waals surface area (Å²) in [5.41, 5.74) is 11.8. The number of carbonyl (C=O) groups is 2. The molecule has 2 aromatic heterocycles. The summed E-state index contributed by atoms with van der Waals surface area (Å²) in [6.07, 6.45) is 5.41. The number of ether oxygens (including phenoxy) is 1. The molecule has 0 spiro atoms. The Kier molecular flexibility index (Phi) is 10.7. The number of pyridine rings is 1. The number of hydrogen-bond acceptors (Lipinski definition) is 7. The average molecular weight is 599 g/mol. The van der Waals surface area contributed by atoms with Gasteiger partial charge in [0.25, 0.3) is 5.91 Å².